The smallest absolute Gasteiger partial charge is 0.444 e. The highest BCUT2D eigenvalue weighted by Crippen LogP contribution is 2.39. The van der Waals surface area contributed by atoms with Crippen molar-refractivity contribution in [3.05, 3.63) is 29.2 Å². The lowest BCUT2D eigenvalue weighted by Gasteiger charge is -2.32. The Morgan fingerprint density at radius 1 is 1.16 bits per heavy atom. The van der Waals surface area contributed by atoms with Crippen molar-refractivity contribution in [2.75, 3.05) is 12.3 Å². The number of carbonyl (C=O) groups is 1. The second-order valence-corrected chi connectivity index (χ2v) is 9.51. The fraction of sp³-hybridized carbons (Fsp3) is 0.571. The first-order valence-electron chi connectivity index (χ1n) is 10.1. The summed E-state index contributed by atoms with van der Waals surface area (Å²) in [5.74, 6) is -0.501. The van der Waals surface area contributed by atoms with Gasteiger partial charge in [0.05, 0.1) is 16.9 Å². The SMILES string of the molecule is CC(C)(C)OC(=O)NCC(=Cc1ccc(OC(F)(F)F)c(N)c1)B1OC(C)(C)C(C)(C)O1. The van der Waals surface area contributed by atoms with E-state index in [1.165, 1.54) is 12.1 Å². The number of nitrogen functional groups attached to an aromatic ring is 1. The summed E-state index contributed by atoms with van der Waals surface area (Å²) in [5, 5.41) is 2.65. The quantitative estimate of drug-likeness (QED) is 0.491. The van der Waals surface area contributed by atoms with Gasteiger partial charge in [-0.1, -0.05) is 12.1 Å². The van der Waals surface area contributed by atoms with Crippen LogP contribution in [0.3, 0.4) is 0 Å². The van der Waals surface area contributed by atoms with Crippen molar-refractivity contribution in [2.45, 2.75) is 71.6 Å². The van der Waals surface area contributed by atoms with Gasteiger partial charge in [0.25, 0.3) is 0 Å². The van der Waals surface area contributed by atoms with Crippen molar-refractivity contribution in [2.24, 2.45) is 0 Å². The molecule has 0 radical (unpaired) electrons. The minimum Gasteiger partial charge on any atom is -0.444 e. The Labute approximate surface area is 186 Å². The van der Waals surface area contributed by atoms with Crippen LogP contribution in [-0.4, -0.2) is 42.9 Å². The van der Waals surface area contributed by atoms with Gasteiger partial charge < -0.3 is 29.8 Å². The van der Waals surface area contributed by atoms with Crippen molar-refractivity contribution < 1.29 is 36.7 Å². The first-order chi connectivity index (χ1) is 14.4. The summed E-state index contributed by atoms with van der Waals surface area (Å²) in [4.78, 5) is 12.1. The first-order valence-corrected chi connectivity index (χ1v) is 10.1. The van der Waals surface area contributed by atoms with Crippen molar-refractivity contribution in [1.82, 2.24) is 5.32 Å². The molecule has 32 heavy (non-hydrogen) atoms. The number of rotatable bonds is 5. The van der Waals surface area contributed by atoms with E-state index in [9.17, 15) is 18.0 Å². The van der Waals surface area contributed by atoms with Gasteiger partial charge in [-0.3, -0.25) is 0 Å². The lowest BCUT2D eigenvalue weighted by Crippen LogP contribution is -2.41. The van der Waals surface area contributed by atoms with Crippen LogP contribution in [0, 0.1) is 0 Å². The van der Waals surface area contributed by atoms with Crippen LogP contribution in [0.1, 0.15) is 54.0 Å². The van der Waals surface area contributed by atoms with Crippen LogP contribution < -0.4 is 15.8 Å². The first kappa shape index (κ1) is 25.9. The number of nitrogens with one attached hydrogen (secondary N) is 1. The Morgan fingerprint density at radius 3 is 2.19 bits per heavy atom. The predicted octanol–water partition coefficient (Wildman–Crippen LogP) is 4.71. The predicted molar refractivity (Wildman–Crippen MR) is 116 cm³/mol. The summed E-state index contributed by atoms with van der Waals surface area (Å²) in [5.41, 5.74) is 4.60. The Morgan fingerprint density at radius 2 is 1.72 bits per heavy atom. The molecule has 1 saturated heterocycles. The van der Waals surface area contributed by atoms with E-state index in [-0.39, 0.29) is 12.2 Å². The van der Waals surface area contributed by atoms with Crippen molar-refractivity contribution in [3.63, 3.8) is 0 Å². The van der Waals surface area contributed by atoms with Crippen LogP contribution in [-0.2, 0) is 14.0 Å². The molecule has 3 N–H and O–H groups in total. The molecule has 1 fully saturated rings. The minimum atomic E-state index is -4.85. The third-order valence-corrected chi connectivity index (χ3v) is 5.00. The van der Waals surface area contributed by atoms with Crippen molar-refractivity contribution in [3.8, 4) is 5.75 Å². The molecule has 0 saturated carbocycles. The molecule has 2 rings (SSSR count). The minimum absolute atomic E-state index is 0.0203. The number of benzene rings is 1. The van der Waals surface area contributed by atoms with Gasteiger partial charge >= 0.3 is 19.6 Å². The van der Waals surface area contributed by atoms with E-state index >= 15 is 0 Å². The molecular formula is C21H30BF3N2O5. The van der Waals surface area contributed by atoms with Crippen LogP contribution in [0.25, 0.3) is 6.08 Å². The zero-order chi connectivity index (χ0) is 24.5. The number of hydrogen-bond donors (Lipinski definition) is 2. The Kier molecular flexibility index (Phi) is 7.16. The number of carbonyl (C=O) groups excluding carboxylic acids is 1. The lowest BCUT2D eigenvalue weighted by molar-refractivity contribution is -0.274. The van der Waals surface area contributed by atoms with Crippen LogP contribution in [0.4, 0.5) is 23.7 Å². The van der Waals surface area contributed by atoms with E-state index in [1.54, 1.807) is 26.8 Å². The summed E-state index contributed by atoms with van der Waals surface area (Å²) < 4.78 is 58.8. The van der Waals surface area contributed by atoms with Gasteiger partial charge in [-0.05, 0) is 71.6 Å². The molecule has 178 valence electrons. The zero-order valence-electron chi connectivity index (χ0n) is 19.3. The van der Waals surface area contributed by atoms with Gasteiger partial charge in [-0.25, -0.2) is 4.79 Å². The molecule has 1 aliphatic rings. The monoisotopic (exact) mass is 458 g/mol. The van der Waals surface area contributed by atoms with Crippen molar-refractivity contribution >= 4 is 25.0 Å². The standard InChI is InChI=1S/C21H30BF3N2O5/c1-18(2,3)30-17(28)27-12-14(22-31-19(4,5)20(6,7)32-22)10-13-8-9-16(15(26)11-13)29-21(23,24)25/h8-11H,12,26H2,1-7H3,(H,27,28). The highest BCUT2D eigenvalue weighted by Gasteiger charge is 2.52. The summed E-state index contributed by atoms with van der Waals surface area (Å²) in [6, 6.07) is 3.87. The molecule has 1 amide bonds. The molecule has 0 unspecified atom stereocenters. The van der Waals surface area contributed by atoms with Crippen LogP contribution >= 0.6 is 0 Å². The number of nitrogens with two attached hydrogens (primary N) is 1. The number of hydrogen-bond acceptors (Lipinski definition) is 6. The molecule has 1 aromatic rings. The molecule has 1 aliphatic heterocycles. The normalized spacial score (nSPS) is 18.4. The molecule has 0 atom stereocenters. The zero-order valence-corrected chi connectivity index (χ0v) is 19.3. The van der Waals surface area contributed by atoms with E-state index in [4.69, 9.17) is 19.8 Å². The topological polar surface area (TPSA) is 92.0 Å². The van der Waals surface area contributed by atoms with Crippen LogP contribution in [0.5, 0.6) is 5.75 Å². The maximum Gasteiger partial charge on any atom is 0.573 e. The van der Waals surface area contributed by atoms with Gasteiger partial charge in [0, 0.05) is 6.54 Å². The molecule has 1 heterocycles. The molecule has 0 aromatic heterocycles. The van der Waals surface area contributed by atoms with Crippen LogP contribution in [0.15, 0.2) is 23.7 Å². The molecule has 0 aliphatic carbocycles. The number of halogens is 3. The van der Waals surface area contributed by atoms with E-state index in [1.807, 2.05) is 27.7 Å². The maximum absolute atomic E-state index is 12.5. The Bertz CT molecular complexity index is 863. The van der Waals surface area contributed by atoms with E-state index in [2.05, 4.69) is 10.1 Å². The van der Waals surface area contributed by atoms with E-state index in [0.717, 1.165) is 6.07 Å². The molecular weight excluding hydrogens is 428 g/mol. The van der Waals surface area contributed by atoms with Gasteiger partial charge in [0.15, 0.2) is 5.75 Å². The van der Waals surface area contributed by atoms with Gasteiger partial charge in [0.1, 0.15) is 5.60 Å². The van der Waals surface area contributed by atoms with Gasteiger partial charge in [-0.15, -0.1) is 13.2 Å². The largest absolute Gasteiger partial charge is 0.573 e. The second-order valence-electron chi connectivity index (χ2n) is 9.51. The lowest BCUT2D eigenvalue weighted by atomic mass is 9.77. The fourth-order valence-corrected chi connectivity index (χ4v) is 2.77. The number of anilines is 1. The molecule has 7 nitrogen and oxygen atoms in total. The average molecular weight is 458 g/mol. The maximum atomic E-state index is 12.5. The van der Waals surface area contributed by atoms with E-state index in [0.29, 0.717) is 11.0 Å². The third-order valence-electron chi connectivity index (χ3n) is 5.00. The van der Waals surface area contributed by atoms with Gasteiger partial charge in [-0.2, -0.15) is 0 Å². The highest BCUT2D eigenvalue weighted by molar-refractivity contribution is 6.56. The van der Waals surface area contributed by atoms with Crippen LogP contribution in [0.2, 0.25) is 0 Å². The number of alkyl halides is 3. The fourth-order valence-electron chi connectivity index (χ4n) is 2.77. The summed E-state index contributed by atoms with van der Waals surface area (Å²) in [6.45, 7) is 12.8. The number of alkyl carbamates (subject to hydrolysis) is 1. The number of amides is 1. The molecule has 1 aromatic carbocycles. The van der Waals surface area contributed by atoms with E-state index < -0.39 is 42.1 Å². The van der Waals surface area contributed by atoms with Crippen molar-refractivity contribution in [1.29, 1.82) is 0 Å². The summed E-state index contributed by atoms with van der Waals surface area (Å²) in [7, 11) is -0.803. The summed E-state index contributed by atoms with van der Waals surface area (Å²) >= 11 is 0. The Hall–Kier alpha value is -2.40. The second kappa shape index (κ2) is 8.86. The molecule has 0 bridgehead atoms. The summed E-state index contributed by atoms with van der Waals surface area (Å²) in [6.07, 6.45) is -3.85. The molecule has 11 heteroatoms. The molecule has 0 spiro atoms. The van der Waals surface area contributed by atoms with Gasteiger partial charge in [0.2, 0.25) is 0 Å². The highest BCUT2D eigenvalue weighted by atomic mass is 19.4. The average Bonchev–Trinajstić information content (AvgIpc) is 2.79. The Balaban J connectivity index is 2.31. The third kappa shape index (κ3) is 7.06. The number of ether oxygens (including phenoxy) is 2.